The van der Waals surface area contributed by atoms with Crippen molar-refractivity contribution in [2.75, 3.05) is 19.5 Å². The van der Waals surface area contributed by atoms with Gasteiger partial charge in [0.2, 0.25) is 5.91 Å². The normalized spacial score (nSPS) is 12.9. The van der Waals surface area contributed by atoms with Crippen molar-refractivity contribution in [2.45, 2.75) is 13.8 Å². The Labute approximate surface area is 123 Å². The molecule has 0 saturated carbocycles. The Morgan fingerprint density at radius 2 is 2.00 bits per heavy atom. The maximum Gasteiger partial charge on any atom is 0.235 e. The van der Waals surface area contributed by atoms with Gasteiger partial charge in [0, 0.05) is 6.07 Å². The number of methoxy groups -OCH3 is 2. The Bertz CT molecular complexity index is 529. The molecule has 0 radical (unpaired) electrons. The Kier molecular flexibility index (Phi) is 5.83. The first kappa shape index (κ1) is 16.6. The standard InChI is InChI=1S/C14H21N3O4/c1-8(2)12(13(15)17-19)14(18)16-10-7-9(20-3)5-6-11(10)21-4/h5-8,12,19H,1-4H3,(H2,15,17)(H,16,18). The number of oxime groups is 1. The number of carbonyl (C=O) groups is 1. The maximum atomic E-state index is 12.3. The highest BCUT2D eigenvalue weighted by Crippen LogP contribution is 2.29. The molecule has 7 heteroatoms. The molecule has 1 aromatic rings. The van der Waals surface area contributed by atoms with Crippen LogP contribution in [-0.2, 0) is 4.79 Å². The highest BCUT2D eigenvalue weighted by Gasteiger charge is 2.27. The molecule has 0 heterocycles. The smallest absolute Gasteiger partial charge is 0.235 e. The molecule has 0 spiro atoms. The number of rotatable bonds is 6. The molecule has 0 fully saturated rings. The molecule has 1 aromatic carbocycles. The molecular weight excluding hydrogens is 274 g/mol. The Hall–Kier alpha value is -2.44. The average Bonchev–Trinajstić information content (AvgIpc) is 2.46. The second kappa shape index (κ2) is 7.37. The van der Waals surface area contributed by atoms with E-state index in [2.05, 4.69) is 10.5 Å². The fraction of sp³-hybridized carbons (Fsp3) is 0.429. The van der Waals surface area contributed by atoms with E-state index in [1.165, 1.54) is 14.2 Å². The van der Waals surface area contributed by atoms with E-state index in [9.17, 15) is 4.79 Å². The van der Waals surface area contributed by atoms with E-state index in [0.717, 1.165) is 0 Å². The number of hydrogen-bond acceptors (Lipinski definition) is 5. The molecule has 1 amide bonds. The molecule has 1 rings (SSSR count). The van der Waals surface area contributed by atoms with Gasteiger partial charge in [-0.25, -0.2) is 0 Å². The number of nitrogens with one attached hydrogen (secondary N) is 1. The van der Waals surface area contributed by atoms with Crippen LogP contribution in [0.25, 0.3) is 0 Å². The summed E-state index contributed by atoms with van der Waals surface area (Å²) in [4.78, 5) is 12.3. The number of ether oxygens (including phenoxy) is 2. The highest BCUT2D eigenvalue weighted by molar-refractivity contribution is 6.08. The van der Waals surface area contributed by atoms with Gasteiger partial charge in [-0.1, -0.05) is 19.0 Å². The third-order valence-electron chi connectivity index (χ3n) is 3.05. The minimum Gasteiger partial charge on any atom is -0.497 e. The summed E-state index contributed by atoms with van der Waals surface area (Å²) in [5.74, 6) is -0.318. The maximum absolute atomic E-state index is 12.3. The molecule has 0 aliphatic rings. The van der Waals surface area contributed by atoms with E-state index in [1.807, 2.05) is 13.8 Å². The summed E-state index contributed by atoms with van der Waals surface area (Å²) in [6.45, 7) is 3.62. The predicted octanol–water partition coefficient (Wildman–Crippen LogP) is 1.66. The van der Waals surface area contributed by atoms with Gasteiger partial charge in [0.15, 0.2) is 5.84 Å². The number of hydrogen-bond donors (Lipinski definition) is 3. The van der Waals surface area contributed by atoms with Crippen molar-refractivity contribution >= 4 is 17.4 Å². The van der Waals surface area contributed by atoms with E-state index in [-0.39, 0.29) is 17.7 Å². The summed E-state index contributed by atoms with van der Waals surface area (Å²) in [7, 11) is 3.03. The largest absolute Gasteiger partial charge is 0.497 e. The molecule has 0 aromatic heterocycles. The van der Waals surface area contributed by atoms with Crippen molar-refractivity contribution in [2.24, 2.45) is 22.7 Å². The van der Waals surface area contributed by atoms with Crippen LogP contribution in [0.5, 0.6) is 11.5 Å². The fourth-order valence-corrected chi connectivity index (χ4v) is 1.96. The van der Waals surface area contributed by atoms with Gasteiger partial charge in [0.25, 0.3) is 0 Å². The second-order valence-corrected chi connectivity index (χ2v) is 4.80. The van der Waals surface area contributed by atoms with E-state index in [1.54, 1.807) is 18.2 Å². The van der Waals surface area contributed by atoms with E-state index in [4.69, 9.17) is 20.4 Å². The van der Waals surface area contributed by atoms with Crippen molar-refractivity contribution in [1.29, 1.82) is 0 Å². The lowest BCUT2D eigenvalue weighted by Crippen LogP contribution is -2.38. The molecule has 21 heavy (non-hydrogen) atoms. The fourth-order valence-electron chi connectivity index (χ4n) is 1.96. The van der Waals surface area contributed by atoms with Gasteiger partial charge < -0.3 is 25.7 Å². The third-order valence-corrected chi connectivity index (χ3v) is 3.05. The van der Waals surface area contributed by atoms with E-state index >= 15 is 0 Å². The van der Waals surface area contributed by atoms with Crippen LogP contribution in [-0.4, -0.2) is 31.2 Å². The van der Waals surface area contributed by atoms with Crippen LogP contribution in [0.3, 0.4) is 0 Å². The molecule has 116 valence electrons. The first-order valence-corrected chi connectivity index (χ1v) is 6.44. The third kappa shape index (κ3) is 4.01. The number of nitrogens with two attached hydrogens (primary N) is 1. The summed E-state index contributed by atoms with van der Waals surface area (Å²) in [5.41, 5.74) is 6.04. The summed E-state index contributed by atoms with van der Waals surface area (Å²) >= 11 is 0. The number of carbonyl (C=O) groups excluding carboxylic acids is 1. The van der Waals surface area contributed by atoms with Crippen LogP contribution in [0.15, 0.2) is 23.4 Å². The van der Waals surface area contributed by atoms with Gasteiger partial charge in [0.1, 0.15) is 17.4 Å². The Balaban J connectivity index is 3.05. The quantitative estimate of drug-likeness (QED) is 0.320. The van der Waals surface area contributed by atoms with Gasteiger partial charge in [-0.2, -0.15) is 0 Å². The average molecular weight is 295 g/mol. The lowest BCUT2D eigenvalue weighted by Gasteiger charge is -2.20. The molecule has 1 atom stereocenters. The summed E-state index contributed by atoms with van der Waals surface area (Å²) < 4.78 is 10.3. The van der Waals surface area contributed by atoms with Crippen LogP contribution in [0.4, 0.5) is 5.69 Å². The first-order valence-electron chi connectivity index (χ1n) is 6.44. The van der Waals surface area contributed by atoms with Gasteiger partial charge in [0.05, 0.1) is 19.9 Å². The second-order valence-electron chi connectivity index (χ2n) is 4.80. The topological polar surface area (TPSA) is 106 Å². The monoisotopic (exact) mass is 295 g/mol. The van der Waals surface area contributed by atoms with Crippen molar-refractivity contribution < 1.29 is 19.5 Å². The molecule has 0 saturated heterocycles. The van der Waals surface area contributed by atoms with Crippen molar-refractivity contribution in [3.63, 3.8) is 0 Å². The molecule has 4 N–H and O–H groups in total. The summed E-state index contributed by atoms with van der Waals surface area (Å²) in [5, 5.41) is 14.4. The van der Waals surface area contributed by atoms with Crippen LogP contribution in [0.1, 0.15) is 13.8 Å². The van der Waals surface area contributed by atoms with Gasteiger partial charge in [-0.05, 0) is 18.1 Å². The Morgan fingerprint density at radius 3 is 2.48 bits per heavy atom. The minimum absolute atomic E-state index is 0.127. The van der Waals surface area contributed by atoms with Gasteiger partial charge >= 0.3 is 0 Å². The van der Waals surface area contributed by atoms with Gasteiger partial charge in [-0.3, -0.25) is 4.79 Å². The molecule has 0 aliphatic heterocycles. The summed E-state index contributed by atoms with van der Waals surface area (Å²) in [6, 6.07) is 5.04. The molecule has 1 unspecified atom stereocenters. The zero-order valence-electron chi connectivity index (χ0n) is 12.6. The van der Waals surface area contributed by atoms with E-state index < -0.39 is 5.92 Å². The van der Waals surface area contributed by atoms with Gasteiger partial charge in [-0.15, -0.1) is 0 Å². The predicted molar refractivity (Wildman–Crippen MR) is 79.9 cm³/mol. The lowest BCUT2D eigenvalue weighted by molar-refractivity contribution is -0.119. The highest BCUT2D eigenvalue weighted by atomic mass is 16.5. The number of amides is 1. The molecule has 0 bridgehead atoms. The zero-order chi connectivity index (χ0) is 16.0. The van der Waals surface area contributed by atoms with Crippen LogP contribution >= 0.6 is 0 Å². The SMILES string of the molecule is COc1ccc(OC)c(NC(=O)C(C(N)=NO)C(C)C)c1. The first-order chi connectivity index (χ1) is 9.94. The number of benzene rings is 1. The van der Waals surface area contributed by atoms with Crippen molar-refractivity contribution in [3.8, 4) is 11.5 Å². The zero-order valence-corrected chi connectivity index (χ0v) is 12.6. The van der Waals surface area contributed by atoms with Crippen molar-refractivity contribution in [1.82, 2.24) is 0 Å². The minimum atomic E-state index is -0.745. The summed E-state index contributed by atoms with van der Waals surface area (Å²) in [6.07, 6.45) is 0. The number of anilines is 1. The lowest BCUT2D eigenvalue weighted by atomic mass is 9.93. The number of amidine groups is 1. The number of nitrogens with zero attached hydrogens (tertiary/aromatic N) is 1. The van der Waals surface area contributed by atoms with Crippen LogP contribution < -0.4 is 20.5 Å². The molecular formula is C14H21N3O4. The van der Waals surface area contributed by atoms with Crippen LogP contribution in [0, 0.1) is 11.8 Å². The van der Waals surface area contributed by atoms with Crippen LogP contribution in [0.2, 0.25) is 0 Å². The van der Waals surface area contributed by atoms with E-state index in [0.29, 0.717) is 17.2 Å². The molecule has 0 aliphatic carbocycles. The Morgan fingerprint density at radius 1 is 1.33 bits per heavy atom. The molecule has 7 nitrogen and oxygen atoms in total. The van der Waals surface area contributed by atoms with Crippen molar-refractivity contribution in [3.05, 3.63) is 18.2 Å².